The summed E-state index contributed by atoms with van der Waals surface area (Å²) in [6.45, 7) is 5.89. The van der Waals surface area contributed by atoms with Crippen LogP contribution in [0.2, 0.25) is 0 Å². The Morgan fingerprint density at radius 3 is 2.56 bits per heavy atom. The van der Waals surface area contributed by atoms with Crippen LogP contribution in [0.5, 0.6) is 0 Å². The second-order valence-corrected chi connectivity index (χ2v) is 5.06. The van der Waals surface area contributed by atoms with Crippen LogP contribution >= 0.6 is 0 Å². The number of likely N-dealkylation sites (tertiary alicyclic amines) is 1. The van der Waals surface area contributed by atoms with Crippen LogP contribution in [-0.2, 0) is 9.47 Å². The fourth-order valence-electron chi connectivity index (χ4n) is 1.76. The number of carbonyl (C=O) groups excluding carboxylic acids is 1. The van der Waals surface area contributed by atoms with E-state index in [2.05, 4.69) is 0 Å². The molecule has 0 spiro atoms. The Balaban J connectivity index is 2.61. The Morgan fingerprint density at radius 2 is 2.12 bits per heavy atom. The number of hydrogen-bond acceptors (Lipinski definition) is 4. The van der Waals surface area contributed by atoms with Crippen LogP contribution in [0.1, 0.15) is 27.2 Å². The predicted molar refractivity (Wildman–Crippen MR) is 59.2 cm³/mol. The molecule has 1 heterocycles. The van der Waals surface area contributed by atoms with E-state index in [1.165, 1.54) is 0 Å². The quantitative estimate of drug-likeness (QED) is 0.770. The summed E-state index contributed by atoms with van der Waals surface area (Å²) in [5, 5.41) is 9.19. The van der Waals surface area contributed by atoms with Crippen LogP contribution in [0, 0.1) is 0 Å². The van der Waals surface area contributed by atoms with Crippen LogP contribution in [0.15, 0.2) is 0 Å². The zero-order valence-corrected chi connectivity index (χ0v) is 10.4. The number of amides is 1. The van der Waals surface area contributed by atoms with Crippen molar-refractivity contribution in [2.45, 2.75) is 44.9 Å². The zero-order chi connectivity index (χ0) is 12.3. The number of aliphatic hydroxyl groups excluding tert-OH is 1. The average molecular weight is 231 g/mol. The summed E-state index contributed by atoms with van der Waals surface area (Å²) in [4.78, 5) is 13.4. The SMILES string of the molecule is COC1CC(CO)N(C(=O)OC(C)(C)C)C1. The highest BCUT2D eigenvalue weighted by Crippen LogP contribution is 2.22. The van der Waals surface area contributed by atoms with E-state index in [4.69, 9.17) is 9.47 Å². The summed E-state index contributed by atoms with van der Waals surface area (Å²) in [6, 6.07) is -0.195. The minimum Gasteiger partial charge on any atom is -0.444 e. The Morgan fingerprint density at radius 1 is 1.50 bits per heavy atom. The predicted octanol–water partition coefficient (Wildman–Crippen LogP) is 1.00. The van der Waals surface area contributed by atoms with Gasteiger partial charge in [-0.25, -0.2) is 4.79 Å². The summed E-state index contributed by atoms with van der Waals surface area (Å²) < 4.78 is 10.5. The maximum Gasteiger partial charge on any atom is 0.410 e. The third-order valence-corrected chi connectivity index (χ3v) is 2.55. The van der Waals surface area contributed by atoms with E-state index >= 15 is 0 Å². The van der Waals surface area contributed by atoms with E-state index in [1.54, 1.807) is 12.0 Å². The van der Waals surface area contributed by atoms with Crippen molar-refractivity contribution in [1.82, 2.24) is 4.90 Å². The van der Waals surface area contributed by atoms with Crippen molar-refractivity contribution < 1.29 is 19.4 Å². The highest BCUT2D eigenvalue weighted by atomic mass is 16.6. The number of aliphatic hydroxyl groups is 1. The molecule has 1 aliphatic rings. The molecule has 2 atom stereocenters. The normalized spacial score (nSPS) is 25.9. The van der Waals surface area contributed by atoms with Gasteiger partial charge in [0.2, 0.25) is 0 Å². The highest BCUT2D eigenvalue weighted by Gasteiger charge is 2.37. The Bertz CT molecular complexity index is 249. The molecule has 0 aromatic rings. The molecule has 1 saturated heterocycles. The van der Waals surface area contributed by atoms with E-state index in [-0.39, 0.29) is 24.8 Å². The summed E-state index contributed by atoms with van der Waals surface area (Å²) in [5.41, 5.74) is -0.512. The van der Waals surface area contributed by atoms with Gasteiger partial charge < -0.3 is 19.5 Å². The molecule has 0 radical (unpaired) electrons. The lowest BCUT2D eigenvalue weighted by atomic mass is 10.2. The van der Waals surface area contributed by atoms with Gasteiger partial charge in [-0.1, -0.05) is 0 Å². The molecular weight excluding hydrogens is 210 g/mol. The van der Waals surface area contributed by atoms with Gasteiger partial charge >= 0.3 is 6.09 Å². The molecule has 1 rings (SSSR count). The third kappa shape index (κ3) is 3.35. The Kier molecular flexibility index (Phi) is 4.15. The maximum absolute atomic E-state index is 11.8. The van der Waals surface area contributed by atoms with Gasteiger partial charge in [-0.05, 0) is 27.2 Å². The molecule has 0 aliphatic carbocycles. The Hall–Kier alpha value is -0.810. The van der Waals surface area contributed by atoms with E-state index in [0.717, 1.165) is 0 Å². The largest absolute Gasteiger partial charge is 0.444 e. The molecular formula is C11H21NO4. The van der Waals surface area contributed by atoms with Crippen molar-refractivity contribution in [3.05, 3.63) is 0 Å². The van der Waals surface area contributed by atoms with Crippen molar-refractivity contribution in [3.8, 4) is 0 Å². The van der Waals surface area contributed by atoms with Gasteiger partial charge in [0.05, 0.1) is 25.3 Å². The van der Waals surface area contributed by atoms with Crippen LogP contribution in [0.25, 0.3) is 0 Å². The molecule has 0 aromatic carbocycles. The van der Waals surface area contributed by atoms with Crippen molar-refractivity contribution in [3.63, 3.8) is 0 Å². The number of nitrogens with zero attached hydrogens (tertiary/aromatic N) is 1. The van der Waals surface area contributed by atoms with Crippen LogP contribution in [-0.4, -0.2) is 54.1 Å². The van der Waals surface area contributed by atoms with Gasteiger partial charge in [0, 0.05) is 7.11 Å². The summed E-state index contributed by atoms with van der Waals surface area (Å²) in [7, 11) is 1.61. The molecule has 5 heteroatoms. The van der Waals surface area contributed by atoms with E-state index < -0.39 is 5.60 Å². The van der Waals surface area contributed by atoms with Crippen molar-refractivity contribution in [1.29, 1.82) is 0 Å². The standard InChI is InChI=1S/C11H21NO4/c1-11(2,3)16-10(14)12-6-9(15-4)5-8(12)7-13/h8-9,13H,5-7H2,1-4H3. The van der Waals surface area contributed by atoms with Gasteiger partial charge in [0.15, 0.2) is 0 Å². The number of hydrogen-bond donors (Lipinski definition) is 1. The van der Waals surface area contributed by atoms with E-state index in [1.807, 2.05) is 20.8 Å². The van der Waals surface area contributed by atoms with Gasteiger partial charge in [-0.2, -0.15) is 0 Å². The number of rotatable bonds is 2. The van der Waals surface area contributed by atoms with Crippen molar-refractivity contribution in [2.24, 2.45) is 0 Å². The molecule has 94 valence electrons. The number of methoxy groups -OCH3 is 1. The third-order valence-electron chi connectivity index (χ3n) is 2.55. The van der Waals surface area contributed by atoms with Crippen molar-refractivity contribution in [2.75, 3.05) is 20.3 Å². The lowest BCUT2D eigenvalue weighted by molar-refractivity contribution is 0.0154. The van der Waals surface area contributed by atoms with Gasteiger partial charge in [0.1, 0.15) is 5.60 Å². The van der Waals surface area contributed by atoms with E-state index in [0.29, 0.717) is 13.0 Å². The first kappa shape index (κ1) is 13.3. The smallest absolute Gasteiger partial charge is 0.410 e. The monoisotopic (exact) mass is 231 g/mol. The summed E-state index contributed by atoms with van der Waals surface area (Å²) >= 11 is 0. The lowest BCUT2D eigenvalue weighted by Gasteiger charge is -2.27. The number of ether oxygens (including phenoxy) is 2. The maximum atomic E-state index is 11.8. The van der Waals surface area contributed by atoms with Gasteiger partial charge in [-0.15, -0.1) is 0 Å². The average Bonchev–Trinajstić information content (AvgIpc) is 2.58. The second kappa shape index (κ2) is 5.01. The van der Waals surface area contributed by atoms with Crippen LogP contribution in [0.3, 0.4) is 0 Å². The van der Waals surface area contributed by atoms with E-state index in [9.17, 15) is 9.90 Å². The summed E-state index contributed by atoms with van der Waals surface area (Å²) in [5.74, 6) is 0. The highest BCUT2D eigenvalue weighted by molar-refractivity contribution is 5.69. The first-order chi connectivity index (χ1) is 7.37. The molecule has 1 aliphatic heterocycles. The second-order valence-electron chi connectivity index (χ2n) is 5.06. The molecule has 0 aromatic heterocycles. The number of carbonyl (C=O) groups is 1. The minimum atomic E-state index is -0.512. The Labute approximate surface area is 96.3 Å². The minimum absolute atomic E-state index is 0.00957. The lowest BCUT2D eigenvalue weighted by Crippen LogP contribution is -2.41. The first-order valence-electron chi connectivity index (χ1n) is 5.50. The molecule has 0 saturated carbocycles. The molecule has 16 heavy (non-hydrogen) atoms. The summed E-state index contributed by atoms with van der Waals surface area (Å²) in [6.07, 6.45) is 0.266. The fourth-order valence-corrected chi connectivity index (χ4v) is 1.76. The van der Waals surface area contributed by atoms with Crippen LogP contribution < -0.4 is 0 Å². The molecule has 2 unspecified atom stereocenters. The topological polar surface area (TPSA) is 59.0 Å². The van der Waals surface area contributed by atoms with Gasteiger partial charge in [0.25, 0.3) is 0 Å². The van der Waals surface area contributed by atoms with Gasteiger partial charge in [-0.3, -0.25) is 0 Å². The molecule has 1 N–H and O–H groups in total. The fraction of sp³-hybridized carbons (Fsp3) is 0.909. The molecule has 1 amide bonds. The zero-order valence-electron chi connectivity index (χ0n) is 10.4. The van der Waals surface area contributed by atoms with Crippen molar-refractivity contribution >= 4 is 6.09 Å². The molecule has 0 bridgehead atoms. The molecule has 1 fully saturated rings. The first-order valence-corrected chi connectivity index (χ1v) is 5.50. The van der Waals surface area contributed by atoms with Crippen LogP contribution in [0.4, 0.5) is 4.79 Å². The molecule has 5 nitrogen and oxygen atoms in total.